The lowest BCUT2D eigenvalue weighted by Gasteiger charge is -2.40. The Labute approximate surface area is 126 Å². The Bertz CT molecular complexity index is 492. The van der Waals surface area contributed by atoms with Gasteiger partial charge in [0.25, 0.3) is 0 Å². The number of hydrogen-bond acceptors (Lipinski definition) is 4. The summed E-state index contributed by atoms with van der Waals surface area (Å²) < 4.78 is 5.31. The van der Waals surface area contributed by atoms with Crippen LogP contribution in [0.2, 0.25) is 0 Å². The van der Waals surface area contributed by atoms with Crippen LogP contribution in [0.3, 0.4) is 0 Å². The number of rotatable bonds is 5. The van der Waals surface area contributed by atoms with E-state index < -0.39 is 0 Å². The van der Waals surface area contributed by atoms with Crippen LogP contribution in [-0.4, -0.2) is 55.5 Å². The molecular formula is C16H25N3O2. The second-order valence-corrected chi connectivity index (χ2v) is 5.58. The fourth-order valence-electron chi connectivity index (χ4n) is 2.79. The molecule has 0 aliphatic carbocycles. The quantitative estimate of drug-likeness (QED) is 0.887. The maximum absolute atomic E-state index is 12.0. The molecule has 0 saturated carbocycles. The van der Waals surface area contributed by atoms with Gasteiger partial charge in [-0.1, -0.05) is 19.1 Å². The summed E-state index contributed by atoms with van der Waals surface area (Å²) in [5, 5.41) is 0. The highest BCUT2D eigenvalue weighted by Crippen LogP contribution is 2.28. The van der Waals surface area contributed by atoms with E-state index in [2.05, 4.69) is 17.9 Å². The number of carbonyl (C=O) groups excluding carboxylic acids is 1. The third-order valence-electron chi connectivity index (χ3n) is 4.19. The zero-order chi connectivity index (χ0) is 15.4. The van der Waals surface area contributed by atoms with E-state index in [9.17, 15) is 4.79 Å². The van der Waals surface area contributed by atoms with Crippen molar-refractivity contribution in [1.29, 1.82) is 0 Å². The summed E-state index contributed by atoms with van der Waals surface area (Å²) in [6.45, 7) is 4.09. The van der Waals surface area contributed by atoms with Crippen molar-refractivity contribution in [3.05, 3.63) is 29.8 Å². The van der Waals surface area contributed by atoms with Gasteiger partial charge in [-0.3, -0.25) is 9.69 Å². The number of likely N-dealkylation sites (N-methyl/N-ethyl adjacent to an activating group) is 1. The van der Waals surface area contributed by atoms with E-state index in [1.807, 2.05) is 25.2 Å². The monoisotopic (exact) mass is 291 g/mol. The minimum Gasteiger partial charge on any atom is -0.497 e. The van der Waals surface area contributed by atoms with Crippen molar-refractivity contribution < 1.29 is 9.53 Å². The van der Waals surface area contributed by atoms with Gasteiger partial charge in [-0.25, -0.2) is 0 Å². The molecule has 1 aliphatic rings. The van der Waals surface area contributed by atoms with Gasteiger partial charge in [-0.15, -0.1) is 0 Å². The van der Waals surface area contributed by atoms with E-state index in [-0.39, 0.29) is 18.0 Å². The number of benzene rings is 1. The average Bonchev–Trinajstić information content (AvgIpc) is 2.51. The number of amides is 1. The van der Waals surface area contributed by atoms with E-state index >= 15 is 0 Å². The van der Waals surface area contributed by atoms with Gasteiger partial charge in [0.2, 0.25) is 5.91 Å². The van der Waals surface area contributed by atoms with Crippen molar-refractivity contribution in [2.24, 2.45) is 5.73 Å². The number of nitrogens with zero attached hydrogens (tertiary/aromatic N) is 2. The van der Waals surface area contributed by atoms with Crippen LogP contribution in [0.5, 0.6) is 5.75 Å². The van der Waals surface area contributed by atoms with Crippen molar-refractivity contribution in [3.8, 4) is 5.75 Å². The fourth-order valence-corrected chi connectivity index (χ4v) is 2.79. The molecule has 1 aromatic rings. The number of carbonyl (C=O) groups is 1. The Balaban J connectivity index is 2.27. The van der Waals surface area contributed by atoms with Crippen LogP contribution in [0.4, 0.5) is 0 Å². The molecule has 5 nitrogen and oxygen atoms in total. The third kappa shape index (κ3) is 3.54. The molecule has 1 heterocycles. The average molecular weight is 291 g/mol. The second-order valence-electron chi connectivity index (χ2n) is 5.58. The zero-order valence-corrected chi connectivity index (χ0v) is 13.1. The summed E-state index contributed by atoms with van der Waals surface area (Å²) in [7, 11) is 3.51. The van der Waals surface area contributed by atoms with E-state index in [0.717, 1.165) is 30.8 Å². The van der Waals surface area contributed by atoms with Crippen LogP contribution < -0.4 is 10.5 Å². The van der Waals surface area contributed by atoms with Gasteiger partial charge in [0.15, 0.2) is 0 Å². The first kappa shape index (κ1) is 15.8. The third-order valence-corrected chi connectivity index (χ3v) is 4.19. The van der Waals surface area contributed by atoms with Crippen LogP contribution in [0, 0.1) is 0 Å². The molecule has 5 heteroatoms. The van der Waals surface area contributed by atoms with E-state index in [1.165, 1.54) is 0 Å². The van der Waals surface area contributed by atoms with Gasteiger partial charge < -0.3 is 15.4 Å². The minimum atomic E-state index is -0.00619. The van der Waals surface area contributed by atoms with Crippen molar-refractivity contribution in [2.75, 3.05) is 33.8 Å². The minimum absolute atomic E-state index is 0.00619. The number of piperazine rings is 1. The number of hydrogen-bond donors (Lipinski definition) is 1. The number of ether oxygens (including phenoxy) is 1. The van der Waals surface area contributed by atoms with Crippen molar-refractivity contribution in [1.82, 2.24) is 9.80 Å². The molecular weight excluding hydrogens is 266 g/mol. The lowest BCUT2D eigenvalue weighted by atomic mass is 9.95. The standard InChI is InChI=1S/C16H25N3O2/c1-4-14(17)16(12-6-5-7-13(10-12)21-3)19-9-8-18(2)15(20)11-19/h5-7,10,14,16H,4,8-9,11,17H2,1-3H3. The highest BCUT2D eigenvalue weighted by molar-refractivity contribution is 5.78. The lowest BCUT2D eigenvalue weighted by molar-refractivity contribution is -0.135. The van der Waals surface area contributed by atoms with Crippen molar-refractivity contribution >= 4 is 5.91 Å². The molecule has 1 amide bonds. The largest absolute Gasteiger partial charge is 0.497 e. The fraction of sp³-hybridized carbons (Fsp3) is 0.562. The molecule has 21 heavy (non-hydrogen) atoms. The molecule has 0 spiro atoms. The van der Waals surface area contributed by atoms with Gasteiger partial charge in [0, 0.05) is 26.2 Å². The molecule has 2 rings (SSSR count). The lowest BCUT2D eigenvalue weighted by Crippen LogP contribution is -2.52. The predicted octanol–water partition coefficient (Wildman–Crippen LogP) is 1.25. The topological polar surface area (TPSA) is 58.8 Å². The predicted molar refractivity (Wildman–Crippen MR) is 83.2 cm³/mol. The van der Waals surface area contributed by atoms with Gasteiger partial charge >= 0.3 is 0 Å². The van der Waals surface area contributed by atoms with Gasteiger partial charge in [0.1, 0.15) is 5.75 Å². The highest BCUT2D eigenvalue weighted by atomic mass is 16.5. The summed E-state index contributed by atoms with van der Waals surface area (Å²) in [6.07, 6.45) is 0.863. The zero-order valence-electron chi connectivity index (χ0n) is 13.1. The number of nitrogens with two attached hydrogens (primary N) is 1. The first-order valence-electron chi connectivity index (χ1n) is 7.44. The summed E-state index contributed by atoms with van der Waals surface area (Å²) in [5.74, 6) is 0.971. The maximum Gasteiger partial charge on any atom is 0.236 e. The highest BCUT2D eigenvalue weighted by Gasteiger charge is 2.31. The summed E-state index contributed by atoms with van der Waals surface area (Å²) in [6, 6.07) is 8.01. The van der Waals surface area contributed by atoms with E-state index in [1.54, 1.807) is 12.0 Å². The molecule has 1 saturated heterocycles. The summed E-state index contributed by atoms with van der Waals surface area (Å²) in [4.78, 5) is 16.0. The van der Waals surface area contributed by atoms with Crippen molar-refractivity contribution in [3.63, 3.8) is 0 Å². The molecule has 1 fully saturated rings. The van der Waals surface area contributed by atoms with Crippen LogP contribution >= 0.6 is 0 Å². The molecule has 116 valence electrons. The summed E-state index contributed by atoms with van der Waals surface area (Å²) >= 11 is 0. The molecule has 2 atom stereocenters. The Morgan fingerprint density at radius 3 is 2.76 bits per heavy atom. The van der Waals surface area contributed by atoms with Crippen LogP contribution in [0.15, 0.2) is 24.3 Å². The van der Waals surface area contributed by atoms with Crippen LogP contribution in [0.1, 0.15) is 24.9 Å². The Morgan fingerprint density at radius 2 is 2.14 bits per heavy atom. The first-order chi connectivity index (χ1) is 10.1. The Hall–Kier alpha value is -1.59. The molecule has 0 aromatic heterocycles. The normalized spacial score (nSPS) is 19.4. The van der Waals surface area contributed by atoms with Gasteiger partial charge in [0.05, 0.1) is 19.7 Å². The molecule has 0 bridgehead atoms. The van der Waals surface area contributed by atoms with Gasteiger partial charge in [-0.05, 0) is 24.1 Å². The second kappa shape index (κ2) is 6.91. The van der Waals surface area contributed by atoms with Crippen LogP contribution in [-0.2, 0) is 4.79 Å². The maximum atomic E-state index is 12.0. The molecule has 0 radical (unpaired) electrons. The molecule has 1 aromatic carbocycles. The first-order valence-corrected chi connectivity index (χ1v) is 7.44. The molecule has 2 unspecified atom stereocenters. The van der Waals surface area contributed by atoms with E-state index in [0.29, 0.717) is 6.54 Å². The molecule has 2 N–H and O–H groups in total. The summed E-state index contributed by atoms with van der Waals surface area (Å²) in [5.41, 5.74) is 7.46. The van der Waals surface area contributed by atoms with E-state index in [4.69, 9.17) is 10.5 Å². The Morgan fingerprint density at radius 1 is 1.38 bits per heavy atom. The van der Waals surface area contributed by atoms with Gasteiger partial charge in [-0.2, -0.15) is 0 Å². The SMILES string of the molecule is CCC(N)C(c1cccc(OC)c1)N1CCN(C)C(=O)C1. The van der Waals surface area contributed by atoms with Crippen LogP contribution in [0.25, 0.3) is 0 Å². The number of methoxy groups -OCH3 is 1. The molecule has 1 aliphatic heterocycles. The Kier molecular flexibility index (Phi) is 5.20. The smallest absolute Gasteiger partial charge is 0.236 e. The van der Waals surface area contributed by atoms with Crippen molar-refractivity contribution in [2.45, 2.75) is 25.4 Å².